The van der Waals surface area contributed by atoms with Crippen LogP contribution >= 0.6 is 0 Å². The minimum absolute atomic E-state index is 0.181. The Balaban J connectivity index is 1.76. The Morgan fingerprint density at radius 3 is 2.79 bits per heavy atom. The molecule has 0 saturated heterocycles. The van der Waals surface area contributed by atoms with Crippen LogP contribution < -0.4 is 0 Å². The molecule has 0 radical (unpaired) electrons. The third-order valence-corrected chi connectivity index (χ3v) is 4.50. The van der Waals surface area contributed by atoms with Crippen molar-refractivity contribution < 1.29 is 14.3 Å². The van der Waals surface area contributed by atoms with E-state index in [4.69, 9.17) is 0 Å². The van der Waals surface area contributed by atoms with Crippen LogP contribution in [0.2, 0.25) is 0 Å². The lowest BCUT2D eigenvalue weighted by Crippen LogP contribution is -2.11. The highest BCUT2D eigenvalue weighted by Crippen LogP contribution is 2.41. The molecule has 0 aromatic rings. The van der Waals surface area contributed by atoms with E-state index in [1.165, 1.54) is 32.8 Å². The summed E-state index contributed by atoms with van der Waals surface area (Å²) in [6, 6.07) is 0. The summed E-state index contributed by atoms with van der Waals surface area (Å²) in [4.78, 5) is 23.3. The van der Waals surface area contributed by atoms with Crippen molar-refractivity contribution in [2.75, 3.05) is 7.11 Å². The molecule has 0 aromatic heterocycles. The van der Waals surface area contributed by atoms with E-state index in [0.29, 0.717) is 24.5 Å². The van der Waals surface area contributed by atoms with Crippen LogP contribution in [0.25, 0.3) is 0 Å². The Kier molecular flexibility index (Phi) is 5.17. The molecule has 2 rings (SSSR count). The molecule has 0 N–H and O–H groups in total. The smallest absolute Gasteiger partial charge is 0.305 e. The van der Waals surface area contributed by atoms with Crippen LogP contribution in [0.5, 0.6) is 0 Å². The minimum Gasteiger partial charge on any atom is -0.469 e. The van der Waals surface area contributed by atoms with Gasteiger partial charge in [-0.3, -0.25) is 9.59 Å². The van der Waals surface area contributed by atoms with Crippen molar-refractivity contribution in [3.05, 3.63) is 11.6 Å². The fraction of sp³-hybridized carbons (Fsp3) is 0.750. The molecule has 1 saturated carbocycles. The Labute approximate surface area is 115 Å². The lowest BCUT2D eigenvalue weighted by atomic mass is 9.91. The highest BCUT2D eigenvalue weighted by Gasteiger charge is 2.31. The van der Waals surface area contributed by atoms with E-state index in [2.05, 4.69) is 10.8 Å². The second-order valence-electron chi connectivity index (χ2n) is 5.82. The molecule has 3 nitrogen and oxygen atoms in total. The number of Topliss-reactive ketones (excluding diaryl/α,β-unsaturated/α-hetero) is 1. The minimum atomic E-state index is -0.181. The first-order valence-corrected chi connectivity index (χ1v) is 7.50. The van der Waals surface area contributed by atoms with Gasteiger partial charge in [0.2, 0.25) is 0 Å². The van der Waals surface area contributed by atoms with Crippen molar-refractivity contribution in [3.8, 4) is 0 Å². The second-order valence-corrected chi connectivity index (χ2v) is 5.82. The average molecular weight is 264 g/mol. The fourth-order valence-electron chi connectivity index (χ4n) is 3.40. The zero-order valence-corrected chi connectivity index (χ0v) is 11.8. The van der Waals surface area contributed by atoms with Gasteiger partial charge in [-0.1, -0.05) is 6.08 Å². The van der Waals surface area contributed by atoms with Crippen molar-refractivity contribution in [1.29, 1.82) is 0 Å². The van der Waals surface area contributed by atoms with Crippen LogP contribution in [-0.2, 0) is 14.3 Å². The molecular weight excluding hydrogens is 240 g/mol. The molecule has 2 atom stereocenters. The first-order chi connectivity index (χ1) is 9.20. The topological polar surface area (TPSA) is 43.4 Å². The van der Waals surface area contributed by atoms with Gasteiger partial charge >= 0.3 is 5.97 Å². The van der Waals surface area contributed by atoms with Gasteiger partial charge in [0.05, 0.1) is 7.11 Å². The molecular formula is C16H24O3. The highest BCUT2D eigenvalue weighted by molar-refractivity contribution is 5.95. The van der Waals surface area contributed by atoms with Gasteiger partial charge in [0, 0.05) is 12.8 Å². The van der Waals surface area contributed by atoms with E-state index in [1.807, 2.05) is 0 Å². The van der Waals surface area contributed by atoms with Gasteiger partial charge in [-0.05, 0) is 62.4 Å². The van der Waals surface area contributed by atoms with Crippen molar-refractivity contribution in [1.82, 2.24) is 0 Å². The summed E-state index contributed by atoms with van der Waals surface area (Å²) < 4.78 is 4.59. The maximum absolute atomic E-state index is 12.3. The van der Waals surface area contributed by atoms with Gasteiger partial charge in [0.1, 0.15) is 0 Å². The number of hydrogen-bond donors (Lipinski definition) is 0. The number of carbonyl (C=O) groups excluding carboxylic acids is 2. The molecule has 0 aliphatic heterocycles. The first kappa shape index (κ1) is 14.3. The van der Waals surface area contributed by atoms with Crippen LogP contribution in [-0.4, -0.2) is 18.9 Å². The number of ketones is 1. The van der Waals surface area contributed by atoms with Crippen LogP contribution in [0, 0.1) is 11.8 Å². The molecule has 1 fully saturated rings. The number of fused-ring (bicyclic) bond motifs is 2. The maximum Gasteiger partial charge on any atom is 0.305 e. The molecule has 0 amide bonds. The van der Waals surface area contributed by atoms with E-state index in [-0.39, 0.29) is 5.97 Å². The second kappa shape index (κ2) is 6.88. The Morgan fingerprint density at radius 2 is 2.00 bits per heavy atom. The van der Waals surface area contributed by atoms with Crippen molar-refractivity contribution in [3.63, 3.8) is 0 Å². The normalized spacial score (nSPS) is 25.6. The molecule has 2 aliphatic carbocycles. The third-order valence-electron chi connectivity index (χ3n) is 4.50. The first-order valence-electron chi connectivity index (χ1n) is 7.50. The lowest BCUT2D eigenvalue weighted by Gasteiger charge is -2.12. The highest BCUT2D eigenvalue weighted by atomic mass is 16.5. The zero-order valence-electron chi connectivity index (χ0n) is 11.8. The van der Waals surface area contributed by atoms with E-state index < -0.39 is 0 Å². The summed E-state index contributed by atoms with van der Waals surface area (Å²) in [5.74, 6) is 1.52. The van der Waals surface area contributed by atoms with Crippen LogP contribution in [0.1, 0.15) is 57.8 Å². The molecule has 2 aliphatic rings. The monoisotopic (exact) mass is 264 g/mol. The average Bonchev–Trinajstić information content (AvgIpc) is 2.75. The number of ether oxygens (including phenoxy) is 1. The maximum atomic E-state index is 12.3. The quantitative estimate of drug-likeness (QED) is 0.545. The predicted octanol–water partition coefficient (Wildman–Crippen LogP) is 3.43. The summed E-state index contributed by atoms with van der Waals surface area (Å²) >= 11 is 0. The van der Waals surface area contributed by atoms with Crippen molar-refractivity contribution in [2.45, 2.75) is 57.8 Å². The molecule has 0 aromatic carbocycles. The molecule has 3 heteroatoms. The zero-order chi connectivity index (χ0) is 13.7. The number of esters is 1. The number of carbonyl (C=O) groups is 2. The SMILES string of the molecule is COC(=O)CCCCC(=O)C1=CCC[C@H]2CCC1C2. The van der Waals surface area contributed by atoms with E-state index in [9.17, 15) is 9.59 Å². The van der Waals surface area contributed by atoms with Gasteiger partial charge in [-0.2, -0.15) is 0 Å². The molecule has 0 heterocycles. The Bertz CT molecular complexity index is 370. The summed E-state index contributed by atoms with van der Waals surface area (Å²) in [7, 11) is 1.40. The van der Waals surface area contributed by atoms with Gasteiger partial charge in [-0.15, -0.1) is 0 Å². The van der Waals surface area contributed by atoms with Crippen molar-refractivity contribution in [2.24, 2.45) is 11.8 Å². The predicted molar refractivity (Wildman–Crippen MR) is 73.6 cm³/mol. The number of unbranched alkanes of at least 4 members (excludes halogenated alkanes) is 1. The Hall–Kier alpha value is -1.12. The van der Waals surface area contributed by atoms with Crippen LogP contribution in [0.3, 0.4) is 0 Å². The van der Waals surface area contributed by atoms with E-state index >= 15 is 0 Å². The van der Waals surface area contributed by atoms with E-state index in [1.54, 1.807) is 0 Å². The summed E-state index contributed by atoms with van der Waals surface area (Å²) in [5.41, 5.74) is 1.10. The number of methoxy groups -OCH3 is 1. The lowest BCUT2D eigenvalue weighted by molar-refractivity contribution is -0.140. The summed E-state index contributed by atoms with van der Waals surface area (Å²) in [6.07, 6.45) is 10.8. The third kappa shape index (κ3) is 3.92. The standard InChI is InChI=1S/C16H24O3/c1-19-16(18)8-3-2-7-15(17)14-6-4-5-12-9-10-13(14)11-12/h6,12-13H,2-5,7-11H2,1H3/t12-,13?/m0/s1. The van der Waals surface area contributed by atoms with Gasteiger partial charge < -0.3 is 4.74 Å². The fourth-order valence-corrected chi connectivity index (χ4v) is 3.40. The summed E-state index contributed by atoms with van der Waals surface area (Å²) in [6.45, 7) is 0. The molecule has 19 heavy (non-hydrogen) atoms. The largest absolute Gasteiger partial charge is 0.469 e. The summed E-state index contributed by atoms with van der Waals surface area (Å²) in [5, 5.41) is 0. The van der Waals surface area contributed by atoms with Crippen LogP contribution in [0.15, 0.2) is 11.6 Å². The van der Waals surface area contributed by atoms with Gasteiger partial charge in [0.15, 0.2) is 5.78 Å². The van der Waals surface area contributed by atoms with Crippen molar-refractivity contribution >= 4 is 11.8 Å². The Morgan fingerprint density at radius 1 is 1.21 bits per heavy atom. The van der Waals surface area contributed by atoms with Crippen LogP contribution in [0.4, 0.5) is 0 Å². The molecule has 1 unspecified atom stereocenters. The number of rotatable bonds is 6. The number of allylic oxidation sites excluding steroid dienone is 2. The molecule has 0 spiro atoms. The molecule has 2 bridgehead atoms. The van der Waals surface area contributed by atoms with E-state index in [0.717, 1.165) is 30.8 Å². The van der Waals surface area contributed by atoms with Gasteiger partial charge in [0.25, 0.3) is 0 Å². The number of hydrogen-bond acceptors (Lipinski definition) is 3. The molecule has 106 valence electrons. The van der Waals surface area contributed by atoms with Gasteiger partial charge in [-0.25, -0.2) is 0 Å².